The van der Waals surface area contributed by atoms with Crippen LogP contribution in [0.1, 0.15) is 38.4 Å². The largest absolute Gasteiger partial charge is 0.319 e. The number of aromatic nitrogens is 4. The molecule has 2 heterocycles. The molecule has 0 bridgehead atoms. The topological polar surface area (TPSA) is 108 Å². The fraction of sp³-hybridized carbons (Fsp3) is 0.208. The molecule has 0 unspecified atom stereocenters. The van der Waals surface area contributed by atoms with Crippen molar-refractivity contribution < 1.29 is 9.72 Å². The van der Waals surface area contributed by atoms with Crippen LogP contribution in [0, 0.1) is 30.9 Å². The van der Waals surface area contributed by atoms with Gasteiger partial charge in [-0.25, -0.2) is 0 Å². The third kappa shape index (κ3) is 4.98. The zero-order chi connectivity index (χ0) is 23.5. The molecule has 0 aliphatic rings. The predicted molar refractivity (Wildman–Crippen MR) is 124 cm³/mol. The van der Waals surface area contributed by atoms with Crippen LogP contribution >= 0.6 is 0 Å². The fourth-order valence-corrected chi connectivity index (χ4v) is 3.76. The fourth-order valence-electron chi connectivity index (χ4n) is 3.76. The zero-order valence-corrected chi connectivity index (χ0v) is 18.6. The predicted octanol–water partition coefficient (Wildman–Crippen LogP) is 4.26. The van der Waals surface area contributed by atoms with E-state index in [0.29, 0.717) is 35.7 Å². The Morgan fingerprint density at radius 1 is 1.06 bits per heavy atom. The second kappa shape index (κ2) is 9.07. The van der Waals surface area contributed by atoms with Crippen LogP contribution in [0.15, 0.2) is 60.9 Å². The molecule has 0 saturated carbocycles. The first-order chi connectivity index (χ1) is 15.8. The van der Waals surface area contributed by atoms with Crippen LogP contribution < -0.4 is 5.32 Å². The van der Waals surface area contributed by atoms with Crippen LogP contribution in [-0.4, -0.2) is 30.4 Å². The first-order valence-corrected chi connectivity index (χ1v) is 10.5. The number of anilines is 1. The number of nitrogens with zero attached hydrogens (tertiary/aromatic N) is 5. The summed E-state index contributed by atoms with van der Waals surface area (Å²) in [5.41, 5.74) is 5.26. The number of nitro groups is 1. The summed E-state index contributed by atoms with van der Waals surface area (Å²) < 4.78 is 3.38. The van der Waals surface area contributed by atoms with Gasteiger partial charge in [-0.1, -0.05) is 42.0 Å². The lowest BCUT2D eigenvalue weighted by Crippen LogP contribution is -2.12. The third-order valence-corrected chi connectivity index (χ3v) is 5.39. The SMILES string of the molecule is Cc1cccc(Cn2cc(NC(=O)c3ccc(Cn4nc(C)c([N+](=O)[O-])c4C)cc3)cn2)c1. The second-order valence-corrected chi connectivity index (χ2v) is 8.00. The van der Waals surface area contributed by atoms with E-state index < -0.39 is 4.92 Å². The van der Waals surface area contributed by atoms with E-state index in [1.54, 1.807) is 47.7 Å². The van der Waals surface area contributed by atoms with Crippen molar-refractivity contribution in [3.63, 3.8) is 0 Å². The van der Waals surface area contributed by atoms with Gasteiger partial charge in [0.2, 0.25) is 0 Å². The van der Waals surface area contributed by atoms with E-state index in [-0.39, 0.29) is 11.6 Å². The van der Waals surface area contributed by atoms with E-state index in [4.69, 9.17) is 0 Å². The Labute approximate surface area is 190 Å². The molecule has 0 saturated heterocycles. The van der Waals surface area contributed by atoms with Crippen molar-refractivity contribution in [1.82, 2.24) is 19.6 Å². The van der Waals surface area contributed by atoms with Crippen molar-refractivity contribution in [1.29, 1.82) is 0 Å². The Morgan fingerprint density at radius 2 is 1.82 bits per heavy atom. The number of hydrogen-bond donors (Lipinski definition) is 1. The van der Waals surface area contributed by atoms with Gasteiger partial charge < -0.3 is 5.32 Å². The molecule has 9 heteroatoms. The zero-order valence-electron chi connectivity index (χ0n) is 18.6. The first kappa shape index (κ1) is 21.9. The van der Waals surface area contributed by atoms with Crippen molar-refractivity contribution in [3.05, 3.63) is 105 Å². The molecule has 1 amide bonds. The number of amides is 1. The number of nitrogens with one attached hydrogen (secondary N) is 1. The maximum atomic E-state index is 12.6. The summed E-state index contributed by atoms with van der Waals surface area (Å²) in [6.07, 6.45) is 3.42. The average Bonchev–Trinajstić information content (AvgIpc) is 3.31. The Hall–Kier alpha value is -4.27. The highest BCUT2D eigenvalue weighted by Gasteiger charge is 2.21. The summed E-state index contributed by atoms with van der Waals surface area (Å²) in [5, 5.41) is 22.6. The highest BCUT2D eigenvalue weighted by atomic mass is 16.6. The quantitative estimate of drug-likeness (QED) is 0.338. The van der Waals surface area contributed by atoms with Crippen LogP contribution in [0.2, 0.25) is 0 Å². The summed E-state index contributed by atoms with van der Waals surface area (Å²) in [6.45, 7) is 6.35. The third-order valence-electron chi connectivity index (χ3n) is 5.39. The normalized spacial score (nSPS) is 10.9. The number of rotatable bonds is 7. The van der Waals surface area contributed by atoms with E-state index in [0.717, 1.165) is 11.1 Å². The minimum atomic E-state index is -0.412. The Kier molecular flexibility index (Phi) is 6.03. The monoisotopic (exact) mass is 444 g/mol. The highest BCUT2D eigenvalue weighted by molar-refractivity contribution is 6.04. The van der Waals surface area contributed by atoms with Gasteiger partial charge in [0.1, 0.15) is 11.4 Å². The second-order valence-electron chi connectivity index (χ2n) is 8.00. The lowest BCUT2D eigenvalue weighted by atomic mass is 10.1. The molecule has 4 rings (SSSR count). The molecule has 0 atom stereocenters. The van der Waals surface area contributed by atoms with E-state index >= 15 is 0 Å². The number of carbonyl (C=O) groups is 1. The number of benzene rings is 2. The van der Waals surface area contributed by atoms with Crippen molar-refractivity contribution >= 4 is 17.3 Å². The van der Waals surface area contributed by atoms with Gasteiger partial charge in [-0.05, 0) is 44.0 Å². The maximum Gasteiger partial charge on any atom is 0.312 e. The van der Waals surface area contributed by atoms with Crippen molar-refractivity contribution in [2.75, 3.05) is 5.32 Å². The Bertz CT molecular complexity index is 1320. The van der Waals surface area contributed by atoms with Gasteiger partial charge in [-0.3, -0.25) is 24.3 Å². The number of carbonyl (C=O) groups excluding carboxylic acids is 1. The summed E-state index contributed by atoms with van der Waals surface area (Å²) in [5.74, 6) is -0.238. The minimum absolute atomic E-state index is 0.0361. The highest BCUT2D eigenvalue weighted by Crippen LogP contribution is 2.22. The average molecular weight is 444 g/mol. The first-order valence-electron chi connectivity index (χ1n) is 10.5. The molecule has 4 aromatic rings. The van der Waals surface area contributed by atoms with Crippen molar-refractivity contribution in [3.8, 4) is 0 Å². The van der Waals surface area contributed by atoms with Crippen LogP contribution in [0.25, 0.3) is 0 Å². The minimum Gasteiger partial charge on any atom is -0.319 e. The summed E-state index contributed by atoms with van der Waals surface area (Å²) in [7, 11) is 0. The molecule has 0 fully saturated rings. The Balaban J connectivity index is 1.39. The van der Waals surface area contributed by atoms with E-state index in [1.165, 1.54) is 5.56 Å². The number of aryl methyl sites for hydroxylation is 2. The molecule has 2 aromatic carbocycles. The standard InChI is InChI=1S/C24H24N6O3/c1-16-5-4-6-20(11-16)13-28-15-22(12-25-28)26-24(31)21-9-7-19(8-10-21)14-29-18(3)23(30(32)33)17(2)27-29/h4-12,15H,13-14H2,1-3H3,(H,26,31). The van der Waals surface area contributed by atoms with E-state index in [2.05, 4.69) is 21.6 Å². The molecular formula is C24H24N6O3. The van der Waals surface area contributed by atoms with E-state index in [9.17, 15) is 14.9 Å². The van der Waals surface area contributed by atoms with Gasteiger partial charge in [0.05, 0.1) is 29.9 Å². The summed E-state index contributed by atoms with van der Waals surface area (Å²) >= 11 is 0. The molecule has 0 radical (unpaired) electrons. The lowest BCUT2D eigenvalue weighted by Gasteiger charge is -2.06. The van der Waals surface area contributed by atoms with Crippen LogP contribution in [0.3, 0.4) is 0 Å². The van der Waals surface area contributed by atoms with E-state index in [1.807, 2.05) is 37.3 Å². The van der Waals surface area contributed by atoms with Gasteiger partial charge in [-0.15, -0.1) is 0 Å². The van der Waals surface area contributed by atoms with Crippen LogP contribution in [0.4, 0.5) is 11.4 Å². The van der Waals surface area contributed by atoms with Crippen molar-refractivity contribution in [2.24, 2.45) is 0 Å². The van der Waals surface area contributed by atoms with Gasteiger partial charge in [-0.2, -0.15) is 10.2 Å². The van der Waals surface area contributed by atoms with Crippen molar-refractivity contribution in [2.45, 2.75) is 33.9 Å². The molecule has 1 N–H and O–H groups in total. The molecular weight excluding hydrogens is 420 g/mol. The van der Waals surface area contributed by atoms with Gasteiger partial charge in [0.25, 0.3) is 5.91 Å². The molecule has 2 aromatic heterocycles. The number of hydrogen-bond acceptors (Lipinski definition) is 5. The molecule has 33 heavy (non-hydrogen) atoms. The lowest BCUT2D eigenvalue weighted by molar-refractivity contribution is -0.386. The summed E-state index contributed by atoms with van der Waals surface area (Å²) in [4.78, 5) is 23.4. The van der Waals surface area contributed by atoms with Crippen LogP contribution in [-0.2, 0) is 13.1 Å². The molecule has 0 aliphatic heterocycles. The molecule has 0 aliphatic carbocycles. The van der Waals surface area contributed by atoms with Gasteiger partial charge in [0, 0.05) is 11.8 Å². The Morgan fingerprint density at radius 3 is 2.48 bits per heavy atom. The molecule has 9 nitrogen and oxygen atoms in total. The van der Waals surface area contributed by atoms with Gasteiger partial charge in [0.15, 0.2) is 0 Å². The molecule has 0 spiro atoms. The van der Waals surface area contributed by atoms with Gasteiger partial charge >= 0.3 is 5.69 Å². The summed E-state index contributed by atoms with van der Waals surface area (Å²) in [6, 6.07) is 15.3. The maximum absolute atomic E-state index is 12.6. The smallest absolute Gasteiger partial charge is 0.312 e. The molecule has 168 valence electrons. The van der Waals surface area contributed by atoms with Crippen LogP contribution in [0.5, 0.6) is 0 Å².